The molecule has 0 spiro atoms. The highest BCUT2D eigenvalue weighted by molar-refractivity contribution is 6.43. The van der Waals surface area contributed by atoms with Crippen LogP contribution in [0.5, 0.6) is 0 Å². The van der Waals surface area contributed by atoms with Crippen LogP contribution in [0.1, 0.15) is 6.42 Å². The number of rotatable bonds is 4. The zero-order chi connectivity index (χ0) is 13.8. The Morgan fingerprint density at radius 3 is 3.00 bits per heavy atom. The van der Waals surface area contributed by atoms with Crippen LogP contribution in [0, 0.1) is 0 Å². The highest BCUT2D eigenvalue weighted by atomic mass is 35.5. The minimum absolute atomic E-state index is 0.0847. The Bertz CT molecular complexity index is 461. The Labute approximate surface area is 123 Å². The van der Waals surface area contributed by atoms with Gasteiger partial charge in [0, 0.05) is 12.6 Å². The summed E-state index contributed by atoms with van der Waals surface area (Å²) < 4.78 is 0. The van der Waals surface area contributed by atoms with Crippen LogP contribution in [0.25, 0.3) is 0 Å². The summed E-state index contributed by atoms with van der Waals surface area (Å²) in [5.41, 5.74) is 0.553. The fourth-order valence-corrected chi connectivity index (χ4v) is 2.51. The van der Waals surface area contributed by atoms with Crippen LogP contribution in [0.15, 0.2) is 18.2 Å². The number of amides is 1. The van der Waals surface area contributed by atoms with Gasteiger partial charge in [0.2, 0.25) is 5.91 Å². The van der Waals surface area contributed by atoms with Gasteiger partial charge in [-0.05, 0) is 32.1 Å². The second-order valence-corrected chi connectivity index (χ2v) is 5.50. The van der Waals surface area contributed by atoms with Gasteiger partial charge >= 0.3 is 0 Å². The molecule has 0 saturated carbocycles. The van der Waals surface area contributed by atoms with Crippen molar-refractivity contribution in [1.82, 2.24) is 10.2 Å². The van der Waals surface area contributed by atoms with Crippen molar-refractivity contribution in [3.8, 4) is 0 Å². The highest BCUT2D eigenvalue weighted by Crippen LogP contribution is 2.29. The van der Waals surface area contributed by atoms with E-state index in [1.165, 1.54) is 0 Å². The van der Waals surface area contributed by atoms with Crippen molar-refractivity contribution in [3.63, 3.8) is 0 Å². The molecule has 1 unspecified atom stereocenters. The topological polar surface area (TPSA) is 44.4 Å². The standard InChI is InChI=1S/C13H17Cl2N3O/c1-18(9-5-6-16-7-9)8-12(19)17-11-4-2-3-10(14)13(11)15/h2-4,9,16H,5-8H2,1H3,(H,17,19). The number of hydrogen-bond donors (Lipinski definition) is 2. The first kappa shape index (κ1) is 14.6. The number of carbonyl (C=O) groups excluding carboxylic acids is 1. The van der Waals surface area contributed by atoms with E-state index in [4.69, 9.17) is 23.2 Å². The molecule has 1 fully saturated rings. The van der Waals surface area contributed by atoms with Crippen molar-refractivity contribution in [3.05, 3.63) is 28.2 Å². The molecule has 104 valence electrons. The molecule has 2 N–H and O–H groups in total. The molecule has 1 aromatic rings. The smallest absolute Gasteiger partial charge is 0.238 e. The summed E-state index contributed by atoms with van der Waals surface area (Å²) in [6, 6.07) is 5.61. The first-order valence-electron chi connectivity index (χ1n) is 6.22. The van der Waals surface area contributed by atoms with Crippen molar-refractivity contribution in [2.45, 2.75) is 12.5 Å². The molecule has 1 aromatic carbocycles. The maximum absolute atomic E-state index is 12.0. The van der Waals surface area contributed by atoms with E-state index in [1.54, 1.807) is 18.2 Å². The van der Waals surface area contributed by atoms with Crippen LogP contribution in [-0.2, 0) is 4.79 Å². The lowest BCUT2D eigenvalue weighted by Gasteiger charge is -2.22. The predicted octanol–water partition coefficient (Wildman–Crippen LogP) is 2.23. The van der Waals surface area contributed by atoms with Gasteiger partial charge in [0.05, 0.1) is 22.3 Å². The van der Waals surface area contributed by atoms with Gasteiger partial charge < -0.3 is 10.6 Å². The summed E-state index contributed by atoms with van der Waals surface area (Å²) >= 11 is 11.9. The van der Waals surface area contributed by atoms with Crippen molar-refractivity contribution >= 4 is 34.8 Å². The van der Waals surface area contributed by atoms with E-state index in [-0.39, 0.29) is 5.91 Å². The minimum Gasteiger partial charge on any atom is -0.324 e. The fraction of sp³-hybridized carbons (Fsp3) is 0.462. The number of carbonyl (C=O) groups is 1. The normalized spacial score (nSPS) is 18.8. The van der Waals surface area contributed by atoms with E-state index < -0.39 is 0 Å². The SMILES string of the molecule is CN(CC(=O)Nc1cccc(Cl)c1Cl)C1CCNC1. The summed E-state index contributed by atoms with van der Waals surface area (Å²) in [5.74, 6) is -0.0847. The molecule has 1 amide bonds. The van der Waals surface area contributed by atoms with Crippen LogP contribution in [0.4, 0.5) is 5.69 Å². The van der Waals surface area contributed by atoms with Gasteiger partial charge in [-0.15, -0.1) is 0 Å². The van der Waals surface area contributed by atoms with Crippen molar-refractivity contribution in [1.29, 1.82) is 0 Å². The van der Waals surface area contributed by atoms with Crippen molar-refractivity contribution < 1.29 is 4.79 Å². The third-order valence-corrected chi connectivity index (χ3v) is 4.10. The van der Waals surface area contributed by atoms with Gasteiger partial charge in [-0.1, -0.05) is 29.3 Å². The van der Waals surface area contributed by atoms with E-state index in [9.17, 15) is 4.79 Å². The molecule has 1 saturated heterocycles. The lowest BCUT2D eigenvalue weighted by molar-refractivity contribution is -0.117. The number of nitrogens with one attached hydrogen (secondary N) is 2. The molecule has 1 heterocycles. The summed E-state index contributed by atoms with van der Waals surface area (Å²) in [4.78, 5) is 14.0. The molecule has 6 heteroatoms. The Morgan fingerprint density at radius 1 is 1.53 bits per heavy atom. The summed E-state index contributed by atoms with van der Waals surface area (Å²) in [5, 5.41) is 6.88. The Morgan fingerprint density at radius 2 is 2.32 bits per heavy atom. The van der Waals surface area contributed by atoms with E-state index in [0.717, 1.165) is 19.5 Å². The molecule has 0 radical (unpaired) electrons. The van der Waals surface area contributed by atoms with Crippen molar-refractivity contribution in [2.75, 3.05) is 32.0 Å². The van der Waals surface area contributed by atoms with Crippen LogP contribution < -0.4 is 10.6 Å². The van der Waals surface area contributed by atoms with Crippen LogP contribution in [-0.4, -0.2) is 43.5 Å². The molecule has 4 nitrogen and oxygen atoms in total. The molecule has 2 rings (SSSR count). The second kappa shape index (κ2) is 6.57. The third kappa shape index (κ3) is 3.83. The zero-order valence-electron chi connectivity index (χ0n) is 10.7. The maximum Gasteiger partial charge on any atom is 0.238 e. The van der Waals surface area contributed by atoms with Crippen LogP contribution in [0.3, 0.4) is 0 Å². The molecule has 19 heavy (non-hydrogen) atoms. The first-order valence-corrected chi connectivity index (χ1v) is 6.98. The molecule has 1 aliphatic heterocycles. The molecule has 0 bridgehead atoms. The Hall–Kier alpha value is -0.810. The minimum atomic E-state index is -0.0847. The van der Waals surface area contributed by atoms with Gasteiger partial charge in [0.1, 0.15) is 0 Å². The van der Waals surface area contributed by atoms with E-state index in [1.807, 2.05) is 11.9 Å². The molecule has 1 aliphatic rings. The lowest BCUT2D eigenvalue weighted by atomic mass is 10.2. The lowest BCUT2D eigenvalue weighted by Crippen LogP contribution is -2.39. The number of halogens is 2. The van der Waals surface area contributed by atoms with E-state index in [0.29, 0.717) is 28.3 Å². The molecular weight excluding hydrogens is 285 g/mol. The average molecular weight is 302 g/mol. The summed E-state index contributed by atoms with van der Waals surface area (Å²) in [7, 11) is 1.96. The van der Waals surface area contributed by atoms with Gasteiger partial charge in [0.15, 0.2) is 0 Å². The highest BCUT2D eigenvalue weighted by Gasteiger charge is 2.21. The van der Waals surface area contributed by atoms with Gasteiger partial charge in [-0.3, -0.25) is 9.69 Å². The first-order chi connectivity index (χ1) is 9.08. The number of benzene rings is 1. The number of likely N-dealkylation sites (N-methyl/N-ethyl adjacent to an activating group) is 1. The summed E-state index contributed by atoms with van der Waals surface area (Å²) in [6.07, 6.45) is 1.07. The van der Waals surface area contributed by atoms with E-state index in [2.05, 4.69) is 10.6 Å². The number of hydrogen-bond acceptors (Lipinski definition) is 3. The zero-order valence-corrected chi connectivity index (χ0v) is 12.3. The number of nitrogens with zero attached hydrogens (tertiary/aromatic N) is 1. The molecule has 0 aliphatic carbocycles. The predicted molar refractivity (Wildman–Crippen MR) is 79.0 cm³/mol. The van der Waals surface area contributed by atoms with Crippen molar-refractivity contribution in [2.24, 2.45) is 0 Å². The molecule has 1 atom stereocenters. The molecular formula is C13H17Cl2N3O. The Balaban J connectivity index is 1.91. The third-order valence-electron chi connectivity index (χ3n) is 3.28. The monoisotopic (exact) mass is 301 g/mol. The van der Waals surface area contributed by atoms with Gasteiger partial charge in [-0.25, -0.2) is 0 Å². The second-order valence-electron chi connectivity index (χ2n) is 4.71. The molecule has 0 aromatic heterocycles. The van der Waals surface area contributed by atoms with Crippen LogP contribution in [0.2, 0.25) is 10.0 Å². The average Bonchev–Trinajstić information content (AvgIpc) is 2.88. The summed E-state index contributed by atoms with van der Waals surface area (Å²) in [6.45, 7) is 2.29. The van der Waals surface area contributed by atoms with Crippen LogP contribution >= 0.6 is 23.2 Å². The Kier molecular flexibility index (Phi) is 5.05. The van der Waals surface area contributed by atoms with Gasteiger partial charge in [-0.2, -0.15) is 0 Å². The number of anilines is 1. The fourth-order valence-electron chi connectivity index (χ4n) is 2.16. The largest absolute Gasteiger partial charge is 0.324 e. The van der Waals surface area contributed by atoms with Gasteiger partial charge in [0.25, 0.3) is 0 Å². The maximum atomic E-state index is 12.0. The quantitative estimate of drug-likeness (QED) is 0.896. The van der Waals surface area contributed by atoms with E-state index >= 15 is 0 Å².